The Labute approximate surface area is 79.4 Å². The molecular weight excluding hydrogens is 189 g/mol. The zero-order valence-corrected chi connectivity index (χ0v) is 7.40. The number of hydrogen-bond acceptors (Lipinski definition) is 3. The number of phenolic OH excluding ortho intramolecular Hbond substituents is 1. The fourth-order valence-electron chi connectivity index (χ4n) is 0.926. The van der Waals surface area contributed by atoms with E-state index in [2.05, 4.69) is 0 Å². The minimum atomic E-state index is -0.796. The minimum absolute atomic E-state index is 0.0965. The number of benzene rings is 1. The predicted molar refractivity (Wildman–Crippen MR) is 48.7 cm³/mol. The molecule has 0 aliphatic rings. The van der Waals surface area contributed by atoms with Gasteiger partial charge < -0.3 is 5.11 Å². The Morgan fingerprint density at radius 3 is 2.86 bits per heavy atom. The van der Waals surface area contributed by atoms with Crippen LogP contribution in [0, 0.1) is 15.9 Å². The van der Waals surface area contributed by atoms with Crippen LogP contribution in [0.3, 0.4) is 0 Å². The molecule has 14 heavy (non-hydrogen) atoms. The maximum atomic E-state index is 12.8. The van der Waals surface area contributed by atoms with Gasteiger partial charge in [0.1, 0.15) is 0 Å². The second-order valence-electron chi connectivity index (χ2n) is 2.72. The zero-order valence-electron chi connectivity index (χ0n) is 7.40. The smallest absolute Gasteiger partial charge is 0.243 e. The van der Waals surface area contributed by atoms with E-state index in [-0.39, 0.29) is 11.3 Å². The molecule has 74 valence electrons. The molecule has 0 aliphatic carbocycles. The van der Waals surface area contributed by atoms with Crippen molar-refractivity contribution in [2.45, 2.75) is 6.92 Å². The number of nitrogens with zero attached hydrogens (tertiary/aromatic N) is 1. The molecular formula is C9H8FNO3. The largest absolute Gasteiger partial charge is 0.504 e. The molecule has 0 aromatic heterocycles. The maximum Gasteiger partial charge on any atom is 0.243 e. The molecule has 0 unspecified atom stereocenters. The number of para-hydroxylation sites is 1. The molecule has 1 aromatic carbocycles. The number of phenols is 1. The molecule has 1 aromatic rings. The summed E-state index contributed by atoms with van der Waals surface area (Å²) < 4.78 is 12.8. The molecule has 0 saturated carbocycles. The van der Waals surface area contributed by atoms with E-state index in [0.717, 1.165) is 12.1 Å². The van der Waals surface area contributed by atoms with Crippen molar-refractivity contribution in [3.63, 3.8) is 0 Å². The summed E-state index contributed by atoms with van der Waals surface area (Å²) in [6.07, 6.45) is 1.11. The van der Waals surface area contributed by atoms with Crippen molar-refractivity contribution in [2.75, 3.05) is 0 Å². The zero-order chi connectivity index (χ0) is 10.7. The lowest BCUT2D eigenvalue weighted by atomic mass is 10.1. The second kappa shape index (κ2) is 3.87. The van der Waals surface area contributed by atoms with E-state index < -0.39 is 16.5 Å². The van der Waals surface area contributed by atoms with Crippen molar-refractivity contribution in [1.82, 2.24) is 0 Å². The van der Waals surface area contributed by atoms with Crippen molar-refractivity contribution < 1.29 is 14.4 Å². The Balaban J connectivity index is 3.15. The molecule has 0 spiro atoms. The first-order chi connectivity index (χ1) is 6.52. The SMILES string of the molecule is C/C(=C/c1cccc(F)c1O)[N+](=O)[O-]. The maximum absolute atomic E-state index is 12.8. The van der Waals surface area contributed by atoms with E-state index in [1.54, 1.807) is 0 Å². The van der Waals surface area contributed by atoms with Gasteiger partial charge in [0.15, 0.2) is 11.6 Å². The Hall–Kier alpha value is -1.91. The molecule has 1 rings (SSSR count). The van der Waals surface area contributed by atoms with Gasteiger partial charge in [-0.05, 0) is 6.07 Å². The third kappa shape index (κ3) is 2.07. The number of aromatic hydroxyl groups is 1. The van der Waals surface area contributed by atoms with E-state index in [1.807, 2.05) is 0 Å². The Morgan fingerprint density at radius 2 is 2.29 bits per heavy atom. The summed E-state index contributed by atoms with van der Waals surface area (Å²) >= 11 is 0. The standard InChI is InChI=1S/C9H8FNO3/c1-6(11(13)14)5-7-3-2-4-8(10)9(7)12/h2-5,12H,1H3/b6-5-. The molecule has 5 heteroatoms. The molecule has 0 atom stereocenters. The molecule has 0 fully saturated rings. The molecule has 0 amide bonds. The summed E-state index contributed by atoms with van der Waals surface area (Å²) in [5.74, 6) is -1.37. The van der Waals surface area contributed by atoms with Gasteiger partial charge in [0.25, 0.3) is 0 Å². The third-order valence-corrected chi connectivity index (χ3v) is 1.67. The van der Waals surface area contributed by atoms with Gasteiger partial charge in [-0.15, -0.1) is 0 Å². The van der Waals surface area contributed by atoms with Crippen LogP contribution in [-0.4, -0.2) is 10.0 Å². The average Bonchev–Trinajstić information content (AvgIpc) is 2.12. The predicted octanol–water partition coefficient (Wildman–Crippen LogP) is 2.17. The van der Waals surface area contributed by atoms with Crippen LogP contribution in [-0.2, 0) is 0 Å². The fourth-order valence-corrected chi connectivity index (χ4v) is 0.926. The normalized spacial score (nSPS) is 11.4. The van der Waals surface area contributed by atoms with Crippen LogP contribution in [0.4, 0.5) is 4.39 Å². The number of allylic oxidation sites excluding steroid dienone is 1. The molecule has 4 nitrogen and oxygen atoms in total. The molecule has 0 radical (unpaired) electrons. The van der Waals surface area contributed by atoms with E-state index in [9.17, 15) is 19.6 Å². The lowest BCUT2D eigenvalue weighted by Crippen LogP contribution is -1.93. The van der Waals surface area contributed by atoms with Crippen LogP contribution >= 0.6 is 0 Å². The van der Waals surface area contributed by atoms with Crippen LogP contribution in [0.1, 0.15) is 12.5 Å². The Kier molecular flexibility index (Phi) is 2.81. The first-order valence-corrected chi connectivity index (χ1v) is 3.82. The van der Waals surface area contributed by atoms with Gasteiger partial charge >= 0.3 is 0 Å². The second-order valence-corrected chi connectivity index (χ2v) is 2.72. The number of hydrogen-bond donors (Lipinski definition) is 1. The number of nitro groups is 1. The lowest BCUT2D eigenvalue weighted by molar-refractivity contribution is -0.422. The highest BCUT2D eigenvalue weighted by Crippen LogP contribution is 2.22. The van der Waals surface area contributed by atoms with E-state index >= 15 is 0 Å². The van der Waals surface area contributed by atoms with Gasteiger partial charge in [-0.1, -0.05) is 12.1 Å². The summed E-state index contributed by atoms with van der Waals surface area (Å²) in [6.45, 7) is 1.27. The van der Waals surface area contributed by atoms with E-state index in [0.29, 0.717) is 0 Å². The summed E-state index contributed by atoms with van der Waals surface area (Å²) in [6, 6.07) is 3.84. The van der Waals surface area contributed by atoms with Crippen molar-refractivity contribution in [1.29, 1.82) is 0 Å². The van der Waals surface area contributed by atoms with Crippen LogP contribution < -0.4 is 0 Å². The highest BCUT2D eigenvalue weighted by atomic mass is 19.1. The summed E-state index contributed by atoms with van der Waals surface area (Å²) in [4.78, 5) is 9.65. The molecule has 0 heterocycles. The highest BCUT2D eigenvalue weighted by molar-refractivity contribution is 5.57. The molecule has 0 aliphatic heterocycles. The quantitative estimate of drug-likeness (QED) is 0.583. The minimum Gasteiger partial charge on any atom is -0.504 e. The fraction of sp³-hybridized carbons (Fsp3) is 0.111. The first-order valence-electron chi connectivity index (χ1n) is 3.82. The third-order valence-electron chi connectivity index (χ3n) is 1.67. The summed E-state index contributed by atoms with van der Waals surface area (Å²) in [5, 5.41) is 19.4. The first kappa shape index (κ1) is 10.2. The van der Waals surface area contributed by atoms with Gasteiger partial charge in [0, 0.05) is 18.6 Å². The van der Waals surface area contributed by atoms with Crippen LogP contribution in [0.15, 0.2) is 23.9 Å². The highest BCUT2D eigenvalue weighted by Gasteiger charge is 2.08. The van der Waals surface area contributed by atoms with Gasteiger partial charge in [-0.3, -0.25) is 10.1 Å². The molecule has 0 bridgehead atoms. The Bertz CT molecular complexity index is 401. The average molecular weight is 197 g/mol. The van der Waals surface area contributed by atoms with Gasteiger partial charge in [-0.25, -0.2) is 4.39 Å². The van der Waals surface area contributed by atoms with Crippen LogP contribution in [0.5, 0.6) is 5.75 Å². The van der Waals surface area contributed by atoms with Gasteiger partial charge in [0.05, 0.1) is 4.92 Å². The van der Waals surface area contributed by atoms with Crippen molar-refractivity contribution in [3.8, 4) is 5.75 Å². The van der Waals surface area contributed by atoms with Crippen LogP contribution in [0.2, 0.25) is 0 Å². The number of halogens is 1. The monoisotopic (exact) mass is 197 g/mol. The van der Waals surface area contributed by atoms with Gasteiger partial charge in [-0.2, -0.15) is 0 Å². The molecule has 1 N–H and O–H groups in total. The lowest BCUT2D eigenvalue weighted by Gasteiger charge is -1.99. The van der Waals surface area contributed by atoms with Gasteiger partial charge in [0.2, 0.25) is 5.70 Å². The van der Waals surface area contributed by atoms with E-state index in [4.69, 9.17) is 0 Å². The summed E-state index contributed by atoms with van der Waals surface area (Å²) in [5.41, 5.74) is -0.0647. The van der Waals surface area contributed by atoms with Crippen LogP contribution in [0.25, 0.3) is 6.08 Å². The Morgan fingerprint density at radius 1 is 1.64 bits per heavy atom. The topological polar surface area (TPSA) is 63.4 Å². The summed E-state index contributed by atoms with van der Waals surface area (Å²) in [7, 11) is 0. The van der Waals surface area contributed by atoms with E-state index in [1.165, 1.54) is 19.1 Å². The van der Waals surface area contributed by atoms with Crippen molar-refractivity contribution >= 4 is 6.08 Å². The van der Waals surface area contributed by atoms with Crippen molar-refractivity contribution in [2.24, 2.45) is 0 Å². The molecule has 0 saturated heterocycles. The van der Waals surface area contributed by atoms with Crippen molar-refractivity contribution in [3.05, 3.63) is 45.4 Å². The number of rotatable bonds is 2.